The summed E-state index contributed by atoms with van der Waals surface area (Å²) in [6.07, 6.45) is 1.88. The van der Waals surface area contributed by atoms with Crippen LogP contribution in [0, 0.1) is 5.82 Å². The van der Waals surface area contributed by atoms with Crippen LogP contribution in [0.4, 0.5) is 4.39 Å². The summed E-state index contributed by atoms with van der Waals surface area (Å²) < 4.78 is 15.6. The Balaban J connectivity index is 2.70. The van der Waals surface area contributed by atoms with Crippen LogP contribution in [0.25, 0.3) is 10.9 Å². The predicted octanol–water partition coefficient (Wildman–Crippen LogP) is 2.19. The minimum absolute atomic E-state index is 0.227. The molecule has 0 spiro atoms. The van der Waals surface area contributed by atoms with E-state index >= 15 is 0 Å². The maximum absolute atomic E-state index is 13.6. The van der Waals surface area contributed by atoms with E-state index in [1.54, 1.807) is 6.07 Å². The van der Waals surface area contributed by atoms with Crippen molar-refractivity contribution in [3.63, 3.8) is 0 Å². The minimum atomic E-state index is -0.230. The summed E-state index contributed by atoms with van der Waals surface area (Å²) in [5.41, 5.74) is 1.66. The summed E-state index contributed by atoms with van der Waals surface area (Å²) in [7, 11) is 0. The molecule has 0 saturated carbocycles. The number of hydrogen-bond donors (Lipinski definition) is 1. The van der Waals surface area contributed by atoms with Crippen molar-refractivity contribution in [1.82, 2.24) is 4.57 Å². The Labute approximate surface area is 87.2 Å². The van der Waals surface area contributed by atoms with Crippen LogP contribution < -0.4 is 5.90 Å². The molecule has 0 amide bonds. The van der Waals surface area contributed by atoms with E-state index in [1.165, 1.54) is 6.07 Å². The van der Waals surface area contributed by atoms with E-state index in [9.17, 15) is 4.39 Å². The molecule has 0 fully saturated rings. The predicted molar refractivity (Wildman–Crippen MR) is 56.5 cm³/mol. The van der Waals surface area contributed by atoms with Gasteiger partial charge in [-0.05, 0) is 19.1 Å². The number of nitrogens with zero attached hydrogens (tertiary/aromatic N) is 1. The highest BCUT2D eigenvalue weighted by molar-refractivity contribution is 5.84. The zero-order valence-corrected chi connectivity index (χ0v) is 8.53. The van der Waals surface area contributed by atoms with Gasteiger partial charge in [0.2, 0.25) is 0 Å². The molecule has 2 aromatic rings. The van der Waals surface area contributed by atoms with E-state index in [4.69, 9.17) is 5.90 Å². The second-order valence-electron chi connectivity index (χ2n) is 3.39. The first-order valence-corrected chi connectivity index (χ1v) is 4.85. The fraction of sp³-hybridized carbons (Fsp3) is 0.273. The fourth-order valence-corrected chi connectivity index (χ4v) is 1.85. The van der Waals surface area contributed by atoms with E-state index in [-0.39, 0.29) is 12.4 Å². The molecule has 0 radical (unpaired) electrons. The Morgan fingerprint density at radius 2 is 2.27 bits per heavy atom. The summed E-state index contributed by atoms with van der Waals surface area (Å²) in [6.45, 7) is 3.03. The molecule has 0 bridgehead atoms. The van der Waals surface area contributed by atoms with Crippen molar-refractivity contribution in [3.8, 4) is 0 Å². The van der Waals surface area contributed by atoms with Gasteiger partial charge in [0.25, 0.3) is 0 Å². The minimum Gasteiger partial charge on any atom is -0.347 e. The highest BCUT2D eigenvalue weighted by Gasteiger charge is 2.11. The average Bonchev–Trinajstić information content (AvgIpc) is 2.59. The number of hydrogen-bond acceptors (Lipinski definition) is 2. The standard InChI is InChI=1S/C11H13FN2O/c1-2-14-6-8(7-15-13)11-9(12)4-3-5-10(11)14/h3-6H,2,7,13H2,1H3. The Bertz CT molecular complexity index is 479. The van der Waals surface area contributed by atoms with Crippen LogP contribution in [0.1, 0.15) is 12.5 Å². The third kappa shape index (κ3) is 1.62. The molecular formula is C11H13FN2O. The van der Waals surface area contributed by atoms with Gasteiger partial charge >= 0.3 is 0 Å². The van der Waals surface area contributed by atoms with Gasteiger partial charge in [-0.25, -0.2) is 10.3 Å². The van der Waals surface area contributed by atoms with Gasteiger partial charge in [-0.1, -0.05) is 6.07 Å². The van der Waals surface area contributed by atoms with Crippen LogP contribution in [0.3, 0.4) is 0 Å². The van der Waals surface area contributed by atoms with Gasteiger partial charge in [0.05, 0.1) is 12.1 Å². The number of rotatable bonds is 3. The van der Waals surface area contributed by atoms with Crippen LogP contribution in [0.2, 0.25) is 0 Å². The molecule has 1 aromatic heterocycles. The number of halogens is 1. The first-order chi connectivity index (χ1) is 7.27. The molecule has 4 heteroatoms. The van der Waals surface area contributed by atoms with Crippen molar-refractivity contribution in [2.24, 2.45) is 5.90 Å². The molecule has 2 rings (SSSR count). The van der Waals surface area contributed by atoms with Gasteiger partial charge in [-0.15, -0.1) is 0 Å². The highest BCUT2D eigenvalue weighted by atomic mass is 19.1. The van der Waals surface area contributed by atoms with Crippen molar-refractivity contribution in [1.29, 1.82) is 0 Å². The van der Waals surface area contributed by atoms with Gasteiger partial charge in [0.15, 0.2) is 0 Å². The summed E-state index contributed by atoms with van der Waals surface area (Å²) in [4.78, 5) is 4.57. The summed E-state index contributed by atoms with van der Waals surface area (Å²) in [6, 6.07) is 5.04. The monoisotopic (exact) mass is 208 g/mol. The molecule has 1 heterocycles. The molecule has 3 nitrogen and oxygen atoms in total. The Hall–Kier alpha value is -1.39. The smallest absolute Gasteiger partial charge is 0.132 e. The third-order valence-electron chi connectivity index (χ3n) is 2.51. The molecule has 0 aliphatic rings. The number of fused-ring (bicyclic) bond motifs is 1. The Morgan fingerprint density at radius 3 is 2.93 bits per heavy atom. The SMILES string of the molecule is CCn1cc(CON)c2c(F)cccc21. The fourth-order valence-electron chi connectivity index (χ4n) is 1.85. The second kappa shape index (κ2) is 4.00. The third-order valence-corrected chi connectivity index (χ3v) is 2.51. The number of nitrogens with two attached hydrogens (primary N) is 1. The lowest BCUT2D eigenvalue weighted by atomic mass is 10.2. The Morgan fingerprint density at radius 1 is 1.47 bits per heavy atom. The summed E-state index contributed by atoms with van der Waals surface area (Å²) in [5.74, 6) is 4.79. The zero-order chi connectivity index (χ0) is 10.8. The van der Waals surface area contributed by atoms with E-state index in [0.717, 1.165) is 17.6 Å². The summed E-state index contributed by atoms with van der Waals surface area (Å²) >= 11 is 0. The highest BCUT2D eigenvalue weighted by Crippen LogP contribution is 2.24. The van der Waals surface area contributed by atoms with Crippen molar-refractivity contribution in [3.05, 3.63) is 35.8 Å². The molecule has 1 aromatic carbocycles. The average molecular weight is 208 g/mol. The van der Waals surface area contributed by atoms with Gasteiger partial charge in [0.1, 0.15) is 5.82 Å². The molecule has 0 atom stereocenters. The molecular weight excluding hydrogens is 195 g/mol. The van der Waals surface area contributed by atoms with Crippen molar-refractivity contribution in [2.75, 3.05) is 0 Å². The molecule has 0 aliphatic carbocycles. The van der Waals surface area contributed by atoms with Crippen molar-refractivity contribution < 1.29 is 9.23 Å². The zero-order valence-electron chi connectivity index (χ0n) is 8.53. The topological polar surface area (TPSA) is 40.2 Å². The van der Waals surface area contributed by atoms with Crippen LogP contribution >= 0.6 is 0 Å². The number of aryl methyl sites for hydroxylation is 1. The lowest BCUT2D eigenvalue weighted by Gasteiger charge is -1.99. The van der Waals surface area contributed by atoms with E-state index in [1.807, 2.05) is 23.8 Å². The number of benzene rings is 1. The van der Waals surface area contributed by atoms with Crippen LogP contribution in [0.15, 0.2) is 24.4 Å². The van der Waals surface area contributed by atoms with Crippen molar-refractivity contribution >= 4 is 10.9 Å². The molecule has 15 heavy (non-hydrogen) atoms. The normalized spacial score (nSPS) is 11.1. The molecule has 0 aliphatic heterocycles. The van der Waals surface area contributed by atoms with Gasteiger partial charge in [-0.2, -0.15) is 0 Å². The number of aromatic nitrogens is 1. The van der Waals surface area contributed by atoms with Crippen LogP contribution in [-0.2, 0) is 18.0 Å². The lowest BCUT2D eigenvalue weighted by Crippen LogP contribution is -1.98. The molecule has 80 valence electrons. The quantitative estimate of drug-likeness (QED) is 0.785. The van der Waals surface area contributed by atoms with Crippen molar-refractivity contribution in [2.45, 2.75) is 20.1 Å². The first-order valence-electron chi connectivity index (χ1n) is 4.85. The van der Waals surface area contributed by atoms with Gasteiger partial charge < -0.3 is 4.57 Å². The largest absolute Gasteiger partial charge is 0.347 e. The van der Waals surface area contributed by atoms with E-state index in [0.29, 0.717) is 5.39 Å². The maximum atomic E-state index is 13.6. The van der Waals surface area contributed by atoms with E-state index < -0.39 is 0 Å². The van der Waals surface area contributed by atoms with Crippen LogP contribution in [0.5, 0.6) is 0 Å². The Kier molecular flexibility index (Phi) is 2.70. The molecule has 2 N–H and O–H groups in total. The van der Waals surface area contributed by atoms with E-state index in [2.05, 4.69) is 4.84 Å². The molecule has 0 unspecified atom stereocenters. The second-order valence-corrected chi connectivity index (χ2v) is 3.39. The summed E-state index contributed by atoms with van der Waals surface area (Å²) in [5, 5.41) is 0.602. The van der Waals surface area contributed by atoms with Gasteiger partial charge in [0, 0.05) is 23.7 Å². The molecule has 0 saturated heterocycles. The lowest BCUT2D eigenvalue weighted by molar-refractivity contribution is 0.125. The van der Waals surface area contributed by atoms with Gasteiger partial charge in [-0.3, -0.25) is 4.84 Å². The maximum Gasteiger partial charge on any atom is 0.132 e. The first kappa shape index (κ1) is 10.1. The van der Waals surface area contributed by atoms with Crippen LogP contribution in [-0.4, -0.2) is 4.57 Å².